The number of fused-ring (bicyclic) bond motifs is 1. The van der Waals surface area contributed by atoms with Crippen LogP contribution in [-0.4, -0.2) is 32.9 Å². The summed E-state index contributed by atoms with van der Waals surface area (Å²) < 4.78 is 16.5. The largest absolute Gasteiger partial charge is 0.493 e. The van der Waals surface area contributed by atoms with Gasteiger partial charge in [-0.15, -0.1) is 0 Å². The Labute approximate surface area is 164 Å². The Morgan fingerprint density at radius 3 is 2.30 bits per heavy atom. The molecule has 0 atom stereocenters. The third-order valence-electron chi connectivity index (χ3n) is 4.72. The molecule has 5 nitrogen and oxygen atoms in total. The first-order valence-electron chi connectivity index (χ1n) is 8.94. The molecule has 3 rings (SSSR count). The summed E-state index contributed by atoms with van der Waals surface area (Å²) in [6, 6.07) is 9.86. The van der Waals surface area contributed by atoms with E-state index in [1.54, 1.807) is 21.3 Å². The summed E-state index contributed by atoms with van der Waals surface area (Å²) in [7, 11) is 4.83. The smallest absolute Gasteiger partial charge is 0.203 e. The van der Waals surface area contributed by atoms with E-state index in [-0.39, 0.29) is 0 Å². The number of halogens is 1. The van der Waals surface area contributed by atoms with Gasteiger partial charge in [-0.2, -0.15) is 0 Å². The maximum absolute atomic E-state index is 6.44. The Kier molecular flexibility index (Phi) is 6.14. The van der Waals surface area contributed by atoms with E-state index in [0.717, 1.165) is 41.4 Å². The van der Waals surface area contributed by atoms with Crippen molar-refractivity contribution in [1.82, 2.24) is 4.98 Å². The summed E-state index contributed by atoms with van der Waals surface area (Å²) in [6.07, 6.45) is 2.89. The number of benzene rings is 2. The van der Waals surface area contributed by atoms with Crippen LogP contribution in [0.5, 0.6) is 17.2 Å². The molecule has 0 fully saturated rings. The molecule has 0 aliphatic carbocycles. The van der Waals surface area contributed by atoms with E-state index in [2.05, 4.69) is 11.1 Å². The van der Waals surface area contributed by atoms with Crippen LogP contribution in [0.25, 0.3) is 22.2 Å². The second kappa shape index (κ2) is 8.55. The minimum absolute atomic E-state index is 0.572. The monoisotopic (exact) mass is 388 g/mol. The summed E-state index contributed by atoms with van der Waals surface area (Å²) in [5.41, 5.74) is 9.81. The molecular formula is C21H25ClN2O3. The number of H-pyrrole nitrogens is 1. The summed E-state index contributed by atoms with van der Waals surface area (Å²) >= 11 is 6.44. The zero-order valence-corrected chi connectivity index (χ0v) is 16.7. The zero-order valence-electron chi connectivity index (χ0n) is 15.9. The first kappa shape index (κ1) is 19.4. The molecule has 0 aliphatic heterocycles. The number of aryl methyl sites for hydroxylation is 1. The summed E-state index contributed by atoms with van der Waals surface area (Å²) in [5, 5.41) is 1.83. The van der Waals surface area contributed by atoms with E-state index in [4.69, 9.17) is 31.5 Å². The highest BCUT2D eigenvalue weighted by Gasteiger charge is 2.19. The minimum atomic E-state index is 0.572. The second-order valence-corrected chi connectivity index (χ2v) is 6.71. The Balaban J connectivity index is 2.21. The summed E-state index contributed by atoms with van der Waals surface area (Å²) in [4.78, 5) is 3.50. The lowest BCUT2D eigenvalue weighted by Crippen LogP contribution is -2.00. The molecule has 27 heavy (non-hydrogen) atoms. The van der Waals surface area contributed by atoms with Gasteiger partial charge in [-0.3, -0.25) is 0 Å². The molecule has 144 valence electrons. The average molecular weight is 389 g/mol. The number of para-hydroxylation sites is 1. The second-order valence-electron chi connectivity index (χ2n) is 6.30. The van der Waals surface area contributed by atoms with Gasteiger partial charge in [0.25, 0.3) is 0 Å². The fourth-order valence-corrected chi connectivity index (χ4v) is 3.64. The summed E-state index contributed by atoms with van der Waals surface area (Å²) in [5.74, 6) is 1.80. The predicted molar refractivity (Wildman–Crippen MR) is 110 cm³/mol. The van der Waals surface area contributed by atoms with Gasteiger partial charge < -0.3 is 24.9 Å². The topological polar surface area (TPSA) is 69.5 Å². The van der Waals surface area contributed by atoms with Crippen molar-refractivity contribution in [2.24, 2.45) is 5.73 Å². The number of ether oxygens (including phenoxy) is 3. The number of nitrogens with one attached hydrogen (secondary N) is 1. The van der Waals surface area contributed by atoms with Gasteiger partial charge in [0.05, 0.1) is 37.6 Å². The molecule has 0 saturated carbocycles. The first-order chi connectivity index (χ1) is 13.1. The molecule has 1 aromatic heterocycles. The lowest BCUT2D eigenvalue weighted by molar-refractivity contribution is 0.324. The maximum Gasteiger partial charge on any atom is 0.203 e. The standard InChI is InChI=1S/C21H25ClN2O3/c1-25-17-11-13(12-18(26-2)21(17)27-3)19-14(7-4-5-10-23)15-8-6-9-16(22)20(15)24-19/h6,8-9,11-12,24H,4-5,7,10,23H2,1-3H3. The SMILES string of the molecule is COc1cc(-c2[nH]c3c(Cl)cccc3c2CCCCN)cc(OC)c1OC. The number of aromatic nitrogens is 1. The van der Waals surface area contributed by atoms with Crippen LogP contribution < -0.4 is 19.9 Å². The fourth-order valence-electron chi connectivity index (χ4n) is 3.42. The van der Waals surface area contributed by atoms with Gasteiger partial charge in [-0.1, -0.05) is 23.7 Å². The van der Waals surface area contributed by atoms with Crippen molar-refractivity contribution < 1.29 is 14.2 Å². The molecule has 0 amide bonds. The van der Waals surface area contributed by atoms with Crippen LogP contribution in [0.1, 0.15) is 18.4 Å². The van der Waals surface area contributed by atoms with Crippen LogP contribution in [0.3, 0.4) is 0 Å². The molecule has 3 aromatic rings. The Morgan fingerprint density at radius 1 is 1.00 bits per heavy atom. The number of hydrogen-bond acceptors (Lipinski definition) is 4. The molecule has 6 heteroatoms. The molecule has 0 saturated heterocycles. The van der Waals surface area contributed by atoms with Gasteiger partial charge in [0.15, 0.2) is 11.5 Å². The molecule has 0 bridgehead atoms. The van der Waals surface area contributed by atoms with Gasteiger partial charge in [0.2, 0.25) is 5.75 Å². The highest BCUT2D eigenvalue weighted by Crippen LogP contribution is 2.43. The quantitative estimate of drug-likeness (QED) is 0.544. The van der Waals surface area contributed by atoms with Crippen molar-refractivity contribution in [3.8, 4) is 28.5 Å². The van der Waals surface area contributed by atoms with Gasteiger partial charge in [0.1, 0.15) is 0 Å². The third kappa shape index (κ3) is 3.70. The predicted octanol–water partition coefficient (Wildman–Crippen LogP) is 4.80. The van der Waals surface area contributed by atoms with Crippen LogP contribution >= 0.6 is 11.6 Å². The van der Waals surface area contributed by atoms with Crippen molar-refractivity contribution in [1.29, 1.82) is 0 Å². The van der Waals surface area contributed by atoms with Gasteiger partial charge >= 0.3 is 0 Å². The average Bonchev–Trinajstić information content (AvgIpc) is 3.07. The van der Waals surface area contributed by atoms with E-state index in [0.29, 0.717) is 28.8 Å². The van der Waals surface area contributed by atoms with Crippen molar-refractivity contribution in [3.63, 3.8) is 0 Å². The Hall–Kier alpha value is -2.37. The maximum atomic E-state index is 6.44. The van der Waals surface area contributed by atoms with Crippen molar-refractivity contribution in [3.05, 3.63) is 40.9 Å². The van der Waals surface area contributed by atoms with Gasteiger partial charge in [-0.05, 0) is 49.6 Å². The molecule has 0 unspecified atom stereocenters. The first-order valence-corrected chi connectivity index (χ1v) is 9.31. The molecule has 0 radical (unpaired) electrons. The molecular weight excluding hydrogens is 364 g/mol. The third-order valence-corrected chi connectivity index (χ3v) is 5.04. The van der Waals surface area contributed by atoms with Crippen LogP contribution in [0.15, 0.2) is 30.3 Å². The molecule has 3 N–H and O–H groups in total. The van der Waals surface area contributed by atoms with Crippen molar-refractivity contribution >= 4 is 22.5 Å². The Morgan fingerprint density at radius 2 is 1.70 bits per heavy atom. The van der Waals surface area contributed by atoms with E-state index in [1.807, 2.05) is 24.3 Å². The lowest BCUT2D eigenvalue weighted by atomic mass is 9.99. The Bertz CT molecular complexity index is 912. The summed E-state index contributed by atoms with van der Waals surface area (Å²) in [6.45, 7) is 0.683. The normalized spacial score (nSPS) is 11.0. The lowest BCUT2D eigenvalue weighted by Gasteiger charge is -2.14. The van der Waals surface area contributed by atoms with E-state index >= 15 is 0 Å². The van der Waals surface area contributed by atoms with Gasteiger partial charge in [0, 0.05) is 10.9 Å². The van der Waals surface area contributed by atoms with Crippen molar-refractivity contribution in [2.75, 3.05) is 27.9 Å². The number of unbranched alkanes of at least 4 members (excludes halogenated alkanes) is 1. The van der Waals surface area contributed by atoms with E-state index < -0.39 is 0 Å². The van der Waals surface area contributed by atoms with Crippen LogP contribution in [0.2, 0.25) is 5.02 Å². The number of hydrogen-bond donors (Lipinski definition) is 2. The van der Waals surface area contributed by atoms with Crippen LogP contribution in [0.4, 0.5) is 0 Å². The number of aromatic amines is 1. The molecule has 0 aliphatic rings. The fraction of sp³-hybridized carbons (Fsp3) is 0.333. The van der Waals surface area contributed by atoms with Crippen LogP contribution in [0, 0.1) is 0 Å². The number of methoxy groups -OCH3 is 3. The number of rotatable bonds is 8. The molecule has 1 heterocycles. The van der Waals surface area contributed by atoms with E-state index in [1.165, 1.54) is 5.56 Å². The minimum Gasteiger partial charge on any atom is -0.493 e. The van der Waals surface area contributed by atoms with E-state index in [9.17, 15) is 0 Å². The zero-order chi connectivity index (χ0) is 19.4. The highest BCUT2D eigenvalue weighted by molar-refractivity contribution is 6.35. The number of nitrogens with two attached hydrogens (primary N) is 1. The molecule has 2 aromatic carbocycles. The van der Waals surface area contributed by atoms with Gasteiger partial charge in [-0.25, -0.2) is 0 Å². The van der Waals surface area contributed by atoms with Crippen LogP contribution in [-0.2, 0) is 6.42 Å². The van der Waals surface area contributed by atoms with Crippen molar-refractivity contribution in [2.45, 2.75) is 19.3 Å². The highest BCUT2D eigenvalue weighted by atomic mass is 35.5. The molecule has 0 spiro atoms.